The molecule has 1 aromatic rings. The summed E-state index contributed by atoms with van der Waals surface area (Å²) in [4.78, 5) is 16.0. The van der Waals surface area contributed by atoms with Gasteiger partial charge in [0.25, 0.3) is 0 Å². The number of hydrogen-bond acceptors (Lipinski definition) is 6. The quantitative estimate of drug-likeness (QED) is 0.355. The van der Waals surface area contributed by atoms with Crippen molar-refractivity contribution < 1.29 is 24.5 Å². The van der Waals surface area contributed by atoms with E-state index >= 15 is 0 Å². The summed E-state index contributed by atoms with van der Waals surface area (Å²) < 4.78 is 9.71. The van der Waals surface area contributed by atoms with Gasteiger partial charge in [0.2, 0.25) is 0 Å². The SMILES string of the molecule is C=COC(=O)Oc1cc(C=N[C@H](CO)C(C)(C)C)c(O)c(C(C)(C)C)c1. The number of aromatic hydroxyl groups is 1. The first-order valence-corrected chi connectivity index (χ1v) is 8.41. The van der Waals surface area contributed by atoms with Gasteiger partial charge in [-0.25, -0.2) is 4.79 Å². The van der Waals surface area contributed by atoms with Crippen LogP contribution in [0.15, 0.2) is 30.0 Å². The summed E-state index contributed by atoms with van der Waals surface area (Å²) >= 11 is 0. The Hall–Kier alpha value is -2.34. The van der Waals surface area contributed by atoms with Crippen LogP contribution in [0.25, 0.3) is 0 Å². The molecule has 0 fully saturated rings. The molecule has 0 aromatic heterocycles. The van der Waals surface area contributed by atoms with Crippen LogP contribution in [0.3, 0.4) is 0 Å². The molecule has 1 atom stereocenters. The summed E-state index contributed by atoms with van der Waals surface area (Å²) in [5, 5.41) is 20.2. The van der Waals surface area contributed by atoms with Gasteiger partial charge in [-0.1, -0.05) is 48.1 Å². The van der Waals surface area contributed by atoms with Crippen LogP contribution in [0.4, 0.5) is 4.79 Å². The Kier molecular flexibility index (Phi) is 6.98. The summed E-state index contributed by atoms with van der Waals surface area (Å²) in [7, 11) is 0. The molecule has 0 saturated carbocycles. The molecule has 0 aliphatic heterocycles. The first-order valence-electron chi connectivity index (χ1n) is 8.41. The molecular weight excluding hydrogens is 334 g/mol. The summed E-state index contributed by atoms with van der Waals surface area (Å²) in [6, 6.07) is 2.75. The molecule has 1 rings (SSSR count). The molecule has 6 heteroatoms. The predicted octanol–water partition coefficient (Wildman–Crippen LogP) is 4.17. The predicted molar refractivity (Wildman–Crippen MR) is 102 cm³/mol. The van der Waals surface area contributed by atoms with Crippen molar-refractivity contribution in [1.82, 2.24) is 0 Å². The number of rotatable bonds is 5. The number of phenols is 1. The number of aliphatic hydroxyl groups excluding tert-OH is 1. The zero-order valence-corrected chi connectivity index (χ0v) is 16.4. The molecule has 2 N–H and O–H groups in total. The molecule has 0 unspecified atom stereocenters. The molecule has 0 aliphatic carbocycles. The molecule has 144 valence electrons. The van der Waals surface area contributed by atoms with Crippen molar-refractivity contribution in [3.05, 3.63) is 36.1 Å². The van der Waals surface area contributed by atoms with E-state index in [0.29, 0.717) is 11.1 Å². The van der Waals surface area contributed by atoms with Crippen molar-refractivity contribution in [3.63, 3.8) is 0 Å². The lowest BCUT2D eigenvalue weighted by atomic mass is 9.85. The minimum Gasteiger partial charge on any atom is -0.507 e. The van der Waals surface area contributed by atoms with Crippen molar-refractivity contribution in [2.24, 2.45) is 10.4 Å². The van der Waals surface area contributed by atoms with Crippen LogP contribution < -0.4 is 4.74 Å². The van der Waals surface area contributed by atoms with Crippen molar-refractivity contribution in [1.29, 1.82) is 0 Å². The van der Waals surface area contributed by atoms with Gasteiger partial charge in [-0.15, -0.1) is 0 Å². The normalized spacial score (nSPS) is 13.5. The highest BCUT2D eigenvalue weighted by Gasteiger charge is 2.24. The lowest BCUT2D eigenvalue weighted by molar-refractivity contribution is 0.136. The summed E-state index contributed by atoms with van der Waals surface area (Å²) in [6.07, 6.45) is 1.55. The number of phenolic OH excluding ortho intramolecular Hbond substituents is 1. The van der Waals surface area contributed by atoms with Gasteiger partial charge in [-0.05, 0) is 23.0 Å². The minimum atomic E-state index is -0.920. The zero-order valence-electron chi connectivity index (χ0n) is 16.4. The van der Waals surface area contributed by atoms with Gasteiger partial charge in [0.15, 0.2) is 0 Å². The molecule has 26 heavy (non-hydrogen) atoms. The summed E-state index contributed by atoms with van der Waals surface area (Å²) in [6.45, 7) is 14.9. The molecule has 0 spiro atoms. The van der Waals surface area contributed by atoms with Crippen molar-refractivity contribution in [2.75, 3.05) is 6.61 Å². The van der Waals surface area contributed by atoms with Gasteiger partial charge >= 0.3 is 6.16 Å². The number of nitrogens with zero attached hydrogens (tertiary/aromatic N) is 1. The van der Waals surface area contributed by atoms with Gasteiger partial charge < -0.3 is 19.7 Å². The highest BCUT2D eigenvalue weighted by atomic mass is 16.7. The second-order valence-corrected chi connectivity index (χ2v) is 8.14. The molecular formula is C20H29NO5. The average molecular weight is 363 g/mol. The second-order valence-electron chi connectivity index (χ2n) is 8.14. The second kappa shape index (κ2) is 8.36. The number of hydrogen-bond donors (Lipinski definition) is 2. The van der Waals surface area contributed by atoms with Crippen LogP contribution in [0.1, 0.15) is 52.7 Å². The Morgan fingerprint density at radius 2 is 1.88 bits per heavy atom. The van der Waals surface area contributed by atoms with E-state index in [2.05, 4.69) is 16.3 Å². The average Bonchev–Trinajstić information content (AvgIpc) is 2.48. The summed E-state index contributed by atoms with van der Waals surface area (Å²) in [5.74, 6) is 0.272. The van der Waals surface area contributed by atoms with Gasteiger partial charge in [-0.3, -0.25) is 4.99 Å². The topological polar surface area (TPSA) is 88.4 Å². The molecule has 1 aromatic carbocycles. The third-order valence-electron chi connectivity index (χ3n) is 3.87. The van der Waals surface area contributed by atoms with E-state index in [1.165, 1.54) is 12.3 Å². The highest BCUT2D eigenvalue weighted by molar-refractivity contribution is 5.85. The number of carbonyl (C=O) groups excluding carboxylic acids is 1. The fourth-order valence-electron chi connectivity index (χ4n) is 2.26. The van der Waals surface area contributed by atoms with Gasteiger partial charge in [0.05, 0.1) is 18.9 Å². The van der Waals surface area contributed by atoms with Crippen LogP contribution in [0.2, 0.25) is 0 Å². The Bertz CT molecular complexity index is 681. The third kappa shape index (κ3) is 5.88. The fraction of sp³-hybridized carbons (Fsp3) is 0.500. The van der Waals surface area contributed by atoms with Crippen LogP contribution >= 0.6 is 0 Å². The van der Waals surface area contributed by atoms with Crippen molar-refractivity contribution in [3.8, 4) is 11.5 Å². The molecule has 0 bridgehead atoms. The fourth-order valence-corrected chi connectivity index (χ4v) is 2.26. The standard InChI is InChI=1S/C20H29NO5/c1-8-25-18(24)26-14-9-13(11-21-16(12-22)20(5,6)7)17(23)15(10-14)19(2,3)4/h8-11,16,22-23H,1,12H2,2-7H3/t16-/m1/s1. The first-order chi connectivity index (χ1) is 11.9. The molecule has 0 aliphatic rings. The van der Waals surface area contributed by atoms with Gasteiger partial charge in [0, 0.05) is 17.3 Å². The molecule has 0 amide bonds. The van der Waals surface area contributed by atoms with E-state index in [9.17, 15) is 15.0 Å². The zero-order chi connectivity index (χ0) is 20.1. The largest absolute Gasteiger partial charge is 0.518 e. The Morgan fingerprint density at radius 3 is 2.35 bits per heavy atom. The van der Waals surface area contributed by atoms with E-state index < -0.39 is 11.6 Å². The maximum atomic E-state index is 11.6. The number of aliphatic hydroxyl groups is 1. The number of benzene rings is 1. The Balaban J connectivity index is 3.36. The molecule has 0 saturated heterocycles. The Labute approximate surface area is 155 Å². The number of ether oxygens (including phenoxy) is 2. The smallest absolute Gasteiger partial charge is 0.507 e. The molecule has 0 radical (unpaired) electrons. The van der Waals surface area contributed by atoms with Crippen LogP contribution in [0, 0.1) is 5.41 Å². The van der Waals surface area contributed by atoms with Crippen LogP contribution in [0.5, 0.6) is 11.5 Å². The van der Waals surface area contributed by atoms with Crippen LogP contribution in [-0.2, 0) is 10.2 Å². The Morgan fingerprint density at radius 1 is 1.27 bits per heavy atom. The van der Waals surface area contributed by atoms with Crippen LogP contribution in [-0.4, -0.2) is 35.2 Å². The minimum absolute atomic E-state index is 0.0521. The maximum absolute atomic E-state index is 11.6. The monoisotopic (exact) mass is 363 g/mol. The summed E-state index contributed by atoms with van der Waals surface area (Å²) in [5.41, 5.74) is 0.352. The molecule has 0 heterocycles. The van der Waals surface area contributed by atoms with Crippen molar-refractivity contribution >= 4 is 12.4 Å². The number of aliphatic imine (C=N–C) groups is 1. The van der Waals surface area contributed by atoms with Gasteiger partial charge in [-0.2, -0.15) is 0 Å². The number of carbonyl (C=O) groups is 1. The van der Waals surface area contributed by atoms with E-state index in [1.807, 2.05) is 41.5 Å². The molecule has 6 nitrogen and oxygen atoms in total. The van der Waals surface area contributed by atoms with E-state index in [4.69, 9.17) is 4.74 Å². The maximum Gasteiger partial charge on any atom is 0.518 e. The van der Waals surface area contributed by atoms with E-state index in [-0.39, 0.29) is 29.6 Å². The first kappa shape index (κ1) is 21.7. The van der Waals surface area contributed by atoms with E-state index in [1.54, 1.807) is 6.07 Å². The lowest BCUT2D eigenvalue weighted by Gasteiger charge is -2.25. The third-order valence-corrected chi connectivity index (χ3v) is 3.87. The van der Waals surface area contributed by atoms with E-state index in [0.717, 1.165) is 6.26 Å². The highest BCUT2D eigenvalue weighted by Crippen LogP contribution is 2.36. The van der Waals surface area contributed by atoms with Crippen molar-refractivity contribution in [2.45, 2.75) is 53.0 Å². The lowest BCUT2D eigenvalue weighted by Crippen LogP contribution is -2.28. The van der Waals surface area contributed by atoms with Gasteiger partial charge in [0.1, 0.15) is 11.5 Å².